The van der Waals surface area contributed by atoms with Crippen LogP contribution in [0.25, 0.3) is 0 Å². The number of halogens is 1. The maximum Gasteiger partial charge on any atom is 0.315 e. The summed E-state index contributed by atoms with van der Waals surface area (Å²) in [5, 5.41) is 15.7. The van der Waals surface area contributed by atoms with Crippen LogP contribution >= 0.6 is 11.6 Å². The molecule has 2 rings (SSSR count). The first-order chi connectivity index (χ1) is 9.15. The van der Waals surface area contributed by atoms with Crippen LogP contribution in [-0.2, 0) is 6.54 Å². The second-order valence-corrected chi connectivity index (χ2v) is 5.16. The van der Waals surface area contributed by atoms with Gasteiger partial charge in [-0.1, -0.05) is 30.5 Å². The summed E-state index contributed by atoms with van der Waals surface area (Å²) in [5.74, 6) is 0. The maximum atomic E-state index is 11.7. The van der Waals surface area contributed by atoms with Crippen molar-refractivity contribution in [1.29, 1.82) is 0 Å². The van der Waals surface area contributed by atoms with Crippen LogP contribution in [0.2, 0.25) is 5.15 Å². The summed E-state index contributed by atoms with van der Waals surface area (Å²) in [6.45, 7) is 0.388. The van der Waals surface area contributed by atoms with Gasteiger partial charge in [-0.3, -0.25) is 0 Å². The number of aliphatic hydroxyl groups is 1. The van der Waals surface area contributed by atoms with E-state index in [1.807, 2.05) is 6.07 Å². The molecule has 104 valence electrons. The third kappa shape index (κ3) is 4.36. The van der Waals surface area contributed by atoms with Crippen LogP contribution in [0, 0.1) is 0 Å². The molecule has 0 saturated heterocycles. The Labute approximate surface area is 117 Å². The molecule has 3 N–H and O–H groups in total. The van der Waals surface area contributed by atoms with Gasteiger partial charge >= 0.3 is 6.03 Å². The first-order valence-corrected chi connectivity index (χ1v) is 6.86. The average Bonchev–Trinajstić information content (AvgIpc) is 2.41. The molecule has 1 aromatic heterocycles. The minimum Gasteiger partial charge on any atom is -0.391 e. The van der Waals surface area contributed by atoms with E-state index in [4.69, 9.17) is 11.6 Å². The Balaban J connectivity index is 1.76. The fourth-order valence-electron chi connectivity index (χ4n) is 2.19. The molecule has 2 amide bonds. The van der Waals surface area contributed by atoms with Gasteiger partial charge in [-0.2, -0.15) is 0 Å². The van der Waals surface area contributed by atoms with Crippen LogP contribution in [0.4, 0.5) is 4.79 Å². The number of aliphatic hydroxyl groups excluding tert-OH is 1. The molecule has 1 saturated carbocycles. The Morgan fingerprint density at radius 2 is 2.21 bits per heavy atom. The van der Waals surface area contributed by atoms with Crippen molar-refractivity contribution in [1.82, 2.24) is 15.6 Å². The minimum absolute atomic E-state index is 0.142. The van der Waals surface area contributed by atoms with Crippen molar-refractivity contribution in [2.45, 2.75) is 44.4 Å². The van der Waals surface area contributed by atoms with Gasteiger partial charge in [-0.05, 0) is 24.5 Å². The molecule has 0 aromatic carbocycles. The lowest BCUT2D eigenvalue weighted by molar-refractivity contribution is 0.0943. The van der Waals surface area contributed by atoms with E-state index in [1.54, 1.807) is 12.3 Å². The predicted molar refractivity (Wildman–Crippen MR) is 72.9 cm³/mol. The molecule has 0 spiro atoms. The van der Waals surface area contributed by atoms with Crippen LogP contribution in [0.15, 0.2) is 18.3 Å². The fraction of sp³-hybridized carbons (Fsp3) is 0.538. The van der Waals surface area contributed by atoms with Crippen molar-refractivity contribution in [2.24, 2.45) is 0 Å². The number of aromatic nitrogens is 1. The largest absolute Gasteiger partial charge is 0.391 e. The summed E-state index contributed by atoms with van der Waals surface area (Å²) < 4.78 is 0. The van der Waals surface area contributed by atoms with Crippen LogP contribution in [0.3, 0.4) is 0 Å². The Morgan fingerprint density at radius 1 is 1.42 bits per heavy atom. The maximum absolute atomic E-state index is 11.7. The van der Waals surface area contributed by atoms with Crippen LogP contribution in [0.5, 0.6) is 0 Å². The second kappa shape index (κ2) is 6.73. The number of carbonyl (C=O) groups excluding carboxylic acids is 1. The summed E-state index contributed by atoms with van der Waals surface area (Å²) in [6.07, 6.45) is 4.85. The Kier molecular flexibility index (Phi) is 4.99. The summed E-state index contributed by atoms with van der Waals surface area (Å²) in [5.41, 5.74) is 0.878. The van der Waals surface area contributed by atoms with Gasteiger partial charge in [0.1, 0.15) is 5.15 Å². The highest BCUT2D eigenvalue weighted by Gasteiger charge is 2.24. The number of carbonyl (C=O) groups is 1. The number of nitrogens with one attached hydrogen (secondary N) is 2. The Bertz CT molecular complexity index is 424. The fourth-order valence-corrected chi connectivity index (χ4v) is 2.30. The molecule has 1 aliphatic rings. The molecule has 1 fully saturated rings. The summed E-state index contributed by atoms with van der Waals surface area (Å²) in [7, 11) is 0. The van der Waals surface area contributed by atoms with E-state index in [1.165, 1.54) is 0 Å². The predicted octanol–water partition coefficient (Wildman–Crippen LogP) is 1.84. The van der Waals surface area contributed by atoms with Crippen LogP contribution in [-0.4, -0.2) is 28.3 Å². The van der Waals surface area contributed by atoms with Crippen molar-refractivity contribution >= 4 is 17.6 Å². The van der Waals surface area contributed by atoms with Gasteiger partial charge < -0.3 is 15.7 Å². The van der Waals surface area contributed by atoms with Gasteiger partial charge in [-0.25, -0.2) is 9.78 Å². The lowest BCUT2D eigenvalue weighted by atomic mass is 9.93. The molecule has 0 bridgehead atoms. The zero-order valence-corrected chi connectivity index (χ0v) is 11.4. The number of rotatable bonds is 3. The number of amides is 2. The molecular weight excluding hydrogens is 266 g/mol. The molecule has 2 atom stereocenters. The number of nitrogens with zero attached hydrogens (tertiary/aromatic N) is 1. The minimum atomic E-state index is -0.434. The van der Waals surface area contributed by atoms with Crippen LogP contribution in [0.1, 0.15) is 31.2 Å². The van der Waals surface area contributed by atoms with E-state index in [0.717, 1.165) is 31.2 Å². The Morgan fingerprint density at radius 3 is 2.89 bits per heavy atom. The summed E-state index contributed by atoms with van der Waals surface area (Å²) in [6, 6.07) is 3.09. The summed E-state index contributed by atoms with van der Waals surface area (Å²) in [4.78, 5) is 15.7. The standard InChI is InChI=1S/C13H18ClN3O2/c14-12-6-5-9(7-15-12)8-16-13(19)17-10-3-1-2-4-11(10)18/h5-7,10-11,18H,1-4,8H2,(H2,16,17,19). The summed E-state index contributed by atoms with van der Waals surface area (Å²) >= 11 is 5.68. The van der Waals surface area contributed by atoms with E-state index in [2.05, 4.69) is 15.6 Å². The molecule has 1 heterocycles. The van der Waals surface area contributed by atoms with Crippen molar-refractivity contribution < 1.29 is 9.90 Å². The van der Waals surface area contributed by atoms with Crippen molar-refractivity contribution in [3.63, 3.8) is 0 Å². The smallest absolute Gasteiger partial charge is 0.315 e. The molecule has 0 radical (unpaired) electrons. The monoisotopic (exact) mass is 283 g/mol. The highest BCUT2D eigenvalue weighted by atomic mass is 35.5. The first-order valence-electron chi connectivity index (χ1n) is 6.48. The second-order valence-electron chi connectivity index (χ2n) is 4.77. The van der Waals surface area contributed by atoms with Crippen molar-refractivity contribution in [3.05, 3.63) is 29.0 Å². The van der Waals surface area contributed by atoms with Gasteiger partial charge in [0, 0.05) is 12.7 Å². The first kappa shape index (κ1) is 14.1. The number of hydrogen-bond acceptors (Lipinski definition) is 3. The van der Waals surface area contributed by atoms with E-state index < -0.39 is 6.10 Å². The molecule has 6 heteroatoms. The normalized spacial score (nSPS) is 22.8. The van der Waals surface area contributed by atoms with Gasteiger partial charge in [0.05, 0.1) is 12.1 Å². The van der Waals surface area contributed by atoms with E-state index in [-0.39, 0.29) is 12.1 Å². The van der Waals surface area contributed by atoms with Gasteiger partial charge in [0.2, 0.25) is 0 Å². The third-order valence-electron chi connectivity index (χ3n) is 3.29. The lowest BCUT2D eigenvalue weighted by Crippen LogP contribution is -2.48. The Hall–Kier alpha value is -1.33. The molecular formula is C13H18ClN3O2. The molecule has 1 aromatic rings. The highest BCUT2D eigenvalue weighted by molar-refractivity contribution is 6.29. The van der Waals surface area contributed by atoms with Crippen LogP contribution < -0.4 is 10.6 Å². The number of urea groups is 1. The topological polar surface area (TPSA) is 74.2 Å². The third-order valence-corrected chi connectivity index (χ3v) is 3.51. The average molecular weight is 284 g/mol. The molecule has 1 aliphatic carbocycles. The molecule has 5 nitrogen and oxygen atoms in total. The van der Waals surface area contributed by atoms with E-state index in [9.17, 15) is 9.90 Å². The zero-order chi connectivity index (χ0) is 13.7. The SMILES string of the molecule is O=C(NCc1ccc(Cl)nc1)NC1CCCCC1O. The quantitative estimate of drug-likeness (QED) is 0.741. The molecule has 0 aliphatic heterocycles. The van der Waals surface area contributed by atoms with Gasteiger partial charge in [-0.15, -0.1) is 0 Å². The lowest BCUT2D eigenvalue weighted by Gasteiger charge is -2.28. The van der Waals surface area contributed by atoms with Gasteiger partial charge in [0.25, 0.3) is 0 Å². The zero-order valence-electron chi connectivity index (χ0n) is 10.6. The number of pyridine rings is 1. The van der Waals surface area contributed by atoms with E-state index in [0.29, 0.717) is 11.7 Å². The van der Waals surface area contributed by atoms with Gasteiger partial charge in [0.15, 0.2) is 0 Å². The molecule has 2 unspecified atom stereocenters. The number of hydrogen-bond donors (Lipinski definition) is 3. The van der Waals surface area contributed by atoms with Crippen molar-refractivity contribution in [3.8, 4) is 0 Å². The highest BCUT2D eigenvalue weighted by Crippen LogP contribution is 2.18. The van der Waals surface area contributed by atoms with E-state index >= 15 is 0 Å². The van der Waals surface area contributed by atoms with Crippen molar-refractivity contribution in [2.75, 3.05) is 0 Å². The molecule has 19 heavy (non-hydrogen) atoms.